The molecule has 0 spiro atoms. The Balaban J connectivity index is 1.80. The molecular formula is C15H16N2O4. The van der Waals surface area contributed by atoms with Crippen molar-refractivity contribution >= 4 is 23.5 Å². The van der Waals surface area contributed by atoms with Crippen molar-refractivity contribution in [1.82, 2.24) is 4.90 Å². The molecule has 1 aromatic carbocycles. The van der Waals surface area contributed by atoms with Crippen LogP contribution in [0, 0.1) is 5.41 Å². The van der Waals surface area contributed by atoms with E-state index in [-0.39, 0.29) is 24.8 Å². The fourth-order valence-electron chi connectivity index (χ4n) is 2.85. The molecule has 2 aliphatic heterocycles. The van der Waals surface area contributed by atoms with E-state index in [9.17, 15) is 19.5 Å². The number of aliphatic carboxylic acids is 1. The van der Waals surface area contributed by atoms with Gasteiger partial charge in [0.05, 0.1) is 11.8 Å². The molecule has 1 saturated heterocycles. The van der Waals surface area contributed by atoms with Crippen molar-refractivity contribution in [2.45, 2.75) is 19.8 Å². The summed E-state index contributed by atoms with van der Waals surface area (Å²) in [5.74, 6) is -1.13. The maximum Gasteiger partial charge on any atom is 0.311 e. The molecule has 2 aliphatic rings. The summed E-state index contributed by atoms with van der Waals surface area (Å²) in [7, 11) is 0. The van der Waals surface area contributed by atoms with Crippen molar-refractivity contribution in [3.05, 3.63) is 29.3 Å². The molecule has 0 saturated carbocycles. The van der Waals surface area contributed by atoms with Gasteiger partial charge in [0.1, 0.15) is 0 Å². The van der Waals surface area contributed by atoms with Crippen molar-refractivity contribution in [2.75, 3.05) is 18.4 Å². The van der Waals surface area contributed by atoms with Crippen LogP contribution in [0.3, 0.4) is 0 Å². The first-order chi connectivity index (χ1) is 9.89. The molecular weight excluding hydrogens is 272 g/mol. The van der Waals surface area contributed by atoms with Crippen LogP contribution >= 0.6 is 0 Å². The molecule has 6 heteroatoms. The fraction of sp³-hybridized carbons (Fsp3) is 0.400. The molecule has 1 atom stereocenters. The molecule has 110 valence electrons. The molecule has 3 rings (SSSR count). The number of nitrogens with one attached hydrogen (secondary N) is 1. The van der Waals surface area contributed by atoms with Crippen LogP contribution in [-0.4, -0.2) is 40.9 Å². The first-order valence-electron chi connectivity index (χ1n) is 6.84. The van der Waals surface area contributed by atoms with Crippen LogP contribution in [0.1, 0.15) is 29.3 Å². The lowest BCUT2D eigenvalue weighted by atomic mass is 9.90. The number of benzene rings is 1. The maximum absolute atomic E-state index is 12.5. The van der Waals surface area contributed by atoms with Crippen LogP contribution < -0.4 is 5.32 Å². The standard InChI is InChI=1S/C15H16N2O4/c1-15(14(20)21)4-5-17(8-15)13(19)9-2-3-11-10(6-9)7-12(18)16-11/h2-3,6H,4-5,7-8H2,1H3,(H,16,18)(H,20,21). The summed E-state index contributed by atoms with van der Waals surface area (Å²) in [6.45, 7) is 2.32. The quantitative estimate of drug-likeness (QED) is 0.853. The maximum atomic E-state index is 12.5. The van der Waals surface area contributed by atoms with Gasteiger partial charge >= 0.3 is 5.97 Å². The monoisotopic (exact) mass is 288 g/mol. The van der Waals surface area contributed by atoms with Gasteiger partial charge in [-0.05, 0) is 37.1 Å². The summed E-state index contributed by atoms with van der Waals surface area (Å²) in [6, 6.07) is 5.11. The van der Waals surface area contributed by atoms with Gasteiger partial charge in [0.15, 0.2) is 0 Å². The number of fused-ring (bicyclic) bond motifs is 1. The molecule has 2 N–H and O–H groups in total. The topological polar surface area (TPSA) is 86.7 Å². The number of hydrogen-bond acceptors (Lipinski definition) is 3. The van der Waals surface area contributed by atoms with Crippen LogP contribution in [0.4, 0.5) is 5.69 Å². The van der Waals surface area contributed by atoms with E-state index in [0.717, 1.165) is 11.3 Å². The number of carboxylic acids is 1. The largest absolute Gasteiger partial charge is 0.481 e. The molecule has 0 bridgehead atoms. The van der Waals surface area contributed by atoms with Crippen molar-refractivity contribution < 1.29 is 19.5 Å². The minimum absolute atomic E-state index is 0.0748. The van der Waals surface area contributed by atoms with E-state index in [2.05, 4.69) is 5.32 Å². The molecule has 1 aromatic rings. The zero-order valence-corrected chi connectivity index (χ0v) is 11.7. The van der Waals surface area contributed by atoms with Gasteiger partial charge in [0.2, 0.25) is 5.91 Å². The van der Waals surface area contributed by atoms with E-state index in [1.807, 2.05) is 0 Å². The third-order valence-electron chi connectivity index (χ3n) is 4.25. The number of carboxylic acid groups (broad SMARTS) is 1. The van der Waals surface area contributed by atoms with Gasteiger partial charge < -0.3 is 15.3 Å². The number of amides is 2. The Morgan fingerprint density at radius 2 is 2.14 bits per heavy atom. The lowest BCUT2D eigenvalue weighted by Gasteiger charge is -2.20. The highest BCUT2D eigenvalue weighted by molar-refractivity contribution is 6.01. The number of likely N-dealkylation sites (tertiary alicyclic amines) is 1. The predicted octanol–water partition coefficient (Wildman–Crippen LogP) is 1.12. The SMILES string of the molecule is CC1(C(=O)O)CCN(C(=O)c2ccc3c(c2)CC(=O)N3)C1. The number of anilines is 1. The van der Waals surface area contributed by atoms with Crippen molar-refractivity contribution in [3.63, 3.8) is 0 Å². The average Bonchev–Trinajstić information content (AvgIpc) is 3.00. The number of rotatable bonds is 2. The minimum atomic E-state index is -0.874. The molecule has 21 heavy (non-hydrogen) atoms. The van der Waals surface area contributed by atoms with E-state index in [1.165, 1.54) is 0 Å². The number of carbonyl (C=O) groups excluding carboxylic acids is 2. The van der Waals surface area contributed by atoms with Gasteiger partial charge in [-0.15, -0.1) is 0 Å². The fourth-order valence-corrected chi connectivity index (χ4v) is 2.85. The van der Waals surface area contributed by atoms with Crippen molar-refractivity contribution in [2.24, 2.45) is 5.41 Å². The number of hydrogen-bond donors (Lipinski definition) is 2. The van der Waals surface area contributed by atoms with Gasteiger partial charge in [-0.2, -0.15) is 0 Å². The lowest BCUT2D eigenvalue weighted by molar-refractivity contribution is -0.147. The van der Waals surface area contributed by atoms with E-state index < -0.39 is 11.4 Å². The highest BCUT2D eigenvalue weighted by atomic mass is 16.4. The zero-order valence-electron chi connectivity index (χ0n) is 11.7. The Kier molecular flexibility index (Phi) is 2.97. The normalized spacial score (nSPS) is 23.9. The van der Waals surface area contributed by atoms with Crippen LogP contribution in [0.25, 0.3) is 0 Å². The molecule has 6 nitrogen and oxygen atoms in total. The first-order valence-corrected chi connectivity index (χ1v) is 6.84. The third-order valence-corrected chi connectivity index (χ3v) is 4.25. The second kappa shape index (κ2) is 4.58. The van der Waals surface area contributed by atoms with Crippen LogP contribution in [-0.2, 0) is 16.0 Å². The number of carbonyl (C=O) groups is 3. The van der Waals surface area contributed by atoms with Gasteiger partial charge in [-0.1, -0.05) is 0 Å². The summed E-state index contributed by atoms with van der Waals surface area (Å²) < 4.78 is 0. The predicted molar refractivity (Wildman–Crippen MR) is 75.0 cm³/mol. The molecule has 0 aliphatic carbocycles. The van der Waals surface area contributed by atoms with Gasteiger partial charge in [-0.25, -0.2) is 0 Å². The summed E-state index contributed by atoms with van der Waals surface area (Å²) in [6.07, 6.45) is 0.738. The molecule has 2 heterocycles. The Hall–Kier alpha value is -2.37. The van der Waals surface area contributed by atoms with Crippen molar-refractivity contribution in [1.29, 1.82) is 0 Å². The number of nitrogens with zero attached hydrogens (tertiary/aromatic N) is 1. The van der Waals surface area contributed by atoms with Crippen molar-refractivity contribution in [3.8, 4) is 0 Å². The highest BCUT2D eigenvalue weighted by Gasteiger charge is 2.42. The molecule has 1 unspecified atom stereocenters. The summed E-state index contributed by atoms with van der Waals surface area (Å²) in [4.78, 5) is 36.6. The van der Waals surface area contributed by atoms with Gasteiger partial charge in [-0.3, -0.25) is 14.4 Å². The van der Waals surface area contributed by atoms with E-state index in [1.54, 1.807) is 30.0 Å². The third kappa shape index (κ3) is 2.26. The molecule has 0 aromatic heterocycles. The van der Waals surface area contributed by atoms with E-state index >= 15 is 0 Å². The second-order valence-corrected chi connectivity index (χ2v) is 5.94. The van der Waals surface area contributed by atoms with Crippen LogP contribution in [0.15, 0.2) is 18.2 Å². The minimum Gasteiger partial charge on any atom is -0.481 e. The molecule has 0 radical (unpaired) electrons. The van der Waals surface area contributed by atoms with E-state index in [0.29, 0.717) is 18.5 Å². The summed E-state index contributed by atoms with van der Waals surface area (Å²) in [5, 5.41) is 11.9. The lowest BCUT2D eigenvalue weighted by Crippen LogP contribution is -2.34. The summed E-state index contributed by atoms with van der Waals surface area (Å²) in [5.41, 5.74) is 1.18. The summed E-state index contributed by atoms with van der Waals surface area (Å²) >= 11 is 0. The second-order valence-electron chi connectivity index (χ2n) is 5.94. The zero-order chi connectivity index (χ0) is 15.2. The van der Waals surface area contributed by atoms with Gasteiger partial charge in [0.25, 0.3) is 5.91 Å². The smallest absolute Gasteiger partial charge is 0.311 e. The Bertz CT molecular complexity index is 655. The highest BCUT2D eigenvalue weighted by Crippen LogP contribution is 2.32. The Labute approximate surface area is 121 Å². The van der Waals surface area contributed by atoms with Gasteiger partial charge in [0, 0.05) is 24.3 Å². The molecule has 2 amide bonds. The average molecular weight is 288 g/mol. The van der Waals surface area contributed by atoms with Crippen LogP contribution in [0.2, 0.25) is 0 Å². The first kappa shape index (κ1) is 13.6. The Morgan fingerprint density at radius 1 is 1.38 bits per heavy atom. The van der Waals surface area contributed by atoms with E-state index in [4.69, 9.17) is 0 Å². The Morgan fingerprint density at radius 3 is 2.81 bits per heavy atom. The molecule has 1 fully saturated rings. The van der Waals surface area contributed by atoms with Crippen LogP contribution in [0.5, 0.6) is 0 Å².